The first-order valence-corrected chi connectivity index (χ1v) is 11.2. The monoisotopic (exact) mass is 450 g/mol. The Bertz CT molecular complexity index is 847. The minimum absolute atomic E-state index is 0.0488. The summed E-state index contributed by atoms with van der Waals surface area (Å²) in [6, 6.07) is 0. The summed E-state index contributed by atoms with van der Waals surface area (Å²) in [6.45, 7) is 6.83. The molecule has 0 radical (unpaired) electrons. The second kappa shape index (κ2) is 8.61. The van der Waals surface area contributed by atoms with Crippen LogP contribution in [0.25, 0.3) is 0 Å². The van der Waals surface area contributed by atoms with Crippen LogP contribution in [0.2, 0.25) is 0 Å². The summed E-state index contributed by atoms with van der Waals surface area (Å²) in [7, 11) is 2.57. The highest BCUT2D eigenvalue weighted by atomic mass is 16.6. The third kappa shape index (κ3) is 3.56. The summed E-state index contributed by atoms with van der Waals surface area (Å²) >= 11 is 0. The number of allylic oxidation sites excluding steroid dienone is 1. The standard InChI is InChI=1S/C24H34O8/c1-12-14(11-17(26)30-5)7-8-15-18(12)19(27)20(28)21-23(15,3)10-9-16(32-13(2)25)24(21,4)22(29)31-6/h11-12,15-16,18-19,21,27H,7-10H2,1-6H3/b14-11+/t12-,15-,16-,18-,19+,21+,23+,24-/m0/s1. The molecule has 178 valence electrons. The van der Waals surface area contributed by atoms with Gasteiger partial charge in [-0.1, -0.05) is 19.4 Å². The fraction of sp³-hybridized carbons (Fsp3) is 0.750. The highest BCUT2D eigenvalue weighted by Crippen LogP contribution is 2.64. The van der Waals surface area contributed by atoms with Crippen LogP contribution in [0.1, 0.15) is 53.4 Å². The highest BCUT2D eigenvalue weighted by molar-refractivity contribution is 5.94. The minimum Gasteiger partial charge on any atom is -0.468 e. The largest absolute Gasteiger partial charge is 0.468 e. The molecule has 0 aliphatic heterocycles. The topological polar surface area (TPSA) is 116 Å². The maximum Gasteiger partial charge on any atom is 0.330 e. The van der Waals surface area contributed by atoms with E-state index in [1.807, 2.05) is 13.8 Å². The van der Waals surface area contributed by atoms with Gasteiger partial charge in [-0.25, -0.2) is 4.79 Å². The van der Waals surface area contributed by atoms with Crippen molar-refractivity contribution in [2.45, 2.75) is 65.6 Å². The lowest BCUT2D eigenvalue weighted by Gasteiger charge is -2.62. The summed E-state index contributed by atoms with van der Waals surface area (Å²) in [4.78, 5) is 50.3. The average Bonchev–Trinajstić information content (AvgIpc) is 2.74. The predicted octanol–water partition coefficient (Wildman–Crippen LogP) is 2.22. The molecule has 0 spiro atoms. The lowest BCUT2D eigenvalue weighted by atomic mass is 9.41. The molecule has 0 heterocycles. The molecule has 3 rings (SSSR count). The molecule has 0 aromatic rings. The van der Waals surface area contributed by atoms with Gasteiger partial charge in [0, 0.05) is 24.8 Å². The van der Waals surface area contributed by atoms with Crippen molar-refractivity contribution >= 4 is 23.7 Å². The van der Waals surface area contributed by atoms with Crippen LogP contribution in [0.5, 0.6) is 0 Å². The number of Topliss-reactive ketones (excluding diaryl/α,β-unsaturated/α-hetero) is 1. The molecular weight excluding hydrogens is 416 g/mol. The SMILES string of the molecule is COC(=O)/C=C1\CC[C@H]2[C@@H]([C@@H](O)C(=O)[C@@H]3[C@]2(C)CC[C@H](OC(C)=O)[C@]3(C)C(=O)OC)[C@H]1C. The van der Waals surface area contributed by atoms with Gasteiger partial charge in [0.2, 0.25) is 0 Å². The van der Waals surface area contributed by atoms with Gasteiger partial charge in [-0.15, -0.1) is 0 Å². The number of hydrogen-bond donors (Lipinski definition) is 1. The first-order chi connectivity index (χ1) is 14.9. The van der Waals surface area contributed by atoms with Gasteiger partial charge in [0.25, 0.3) is 0 Å². The number of aliphatic hydroxyl groups is 1. The third-order valence-electron chi connectivity index (χ3n) is 8.47. The quantitative estimate of drug-likeness (QED) is 0.395. The van der Waals surface area contributed by atoms with Crippen LogP contribution < -0.4 is 0 Å². The Morgan fingerprint density at radius 2 is 1.78 bits per heavy atom. The average molecular weight is 451 g/mol. The normalized spacial score (nSPS) is 42.5. The van der Waals surface area contributed by atoms with E-state index < -0.39 is 52.6 Å². The van der Waals surface area contributed by atoms with E-state index >= 15 is 0 Å². The van der Waals surface area contributed by atoms with Crippen molar-refractivity contribution in [2.75, 3.05) is 14.2 Å². The molecule has 3 aliphatic rings. The lowest BCUT2D eigenvalue weighted by molar-refractivity contribution is -0.215. The molecule has 0 unspecified atom stereocenters. The van der Waals surface area contributed by atoms with Gasteiger partial charge < -0.3 is 19.3 Å². The van der Waals surface area contributed by atoms with Crippen molar-refractivity contribution in [3.8, 4) is 0 Å². The lowest BCUT2D eigenvalue weighted by Crippen LogP contribution is -2.68. The second-order valence-electron chi connectivity index (χ2n) is 9.95. The van der Waals surface area contributed by atoms with Crippen LogP contribution in [0.15, 0.2) is 11.6 Å². The Labute approximate surface area is 188 Å². The van der Waals surface area contributed by atoms with Crippen LogP contribution in [0, 0.1) is 34.5 Å². The predicted molar refractivity (Wildman–Crippen MR) is 113 cm³/mol. The van der Waals surface area contributed by atoms with Crippen LogP contribution in [0.3, 0.4) is 0 Å². The molecule has 8 nitrogen and oxygen atoms in total. The number of fused-ring (bicyclic) bond motifs is 3. The zero-order chi connectivity index (χ0) is 24.0. The summed E-state index contributed by atoms with van der Waals surface area (Å²) in [5.74, 6) is -3.49. The van der Waals surface area contributed by atoms with E-state index in [2.05, 4.69) is 0 Å². The van der Waals surface area contributed by atoms with Crippen molar-refractivity contribution in [3.63, 3.8) is 0 Å². The molecule has 3 fully saturated rings. The number of esters is 3. The number of hydrogen-bond acceptors (Lipinski definition) is 8. The maximum atomic E-state index is 13.7. The molecule has 0 bridgehead atoms. The Kier molecular flexibility index (Phi) is 6.57. The number of rotatable bonds is 3. The molecule has 3 saturated carbocycles. The molecule has 0 aromatic carbocycles. The zero-order valence-electron chi connectivity index (χ0n) is 19.7. The highest BCUT2D eigenvalue weighted by Gasteiger charge is 2.69. The molecule has 0 saturated heterocycles. The fourth-order valence-electron chi connectivity index (χ4n) is 7.00. The van der Waals surface area contributed by atoms with Gasteiger partial charge in [0.15, 0.2) is 5.78 Å². The first kappa shape index (κ1) is 24.4. The van der Waals surface area contributed by atoms with Crippen molar-refractivity contribution < 1.29 is 38.5 Å². The Hall–Kier alpha value is -2.22. The second-order valence-corrected chi connectivity index (χ2v) is 9.95. The van der Waals surface area contributed by atoms with E-state index in [0.29, 0.717) is 25.7 Å². The van der Waals surface area contributed by atoms with Gasteiger partial charge in [0.05, 0.1) is 14.2 Å². The van der Waals surface area contributed by atoms with Gasteiger partial charge in [-0.3, -0.25) is 14.4 Å². The number of carbonyl (C=O) groups is 4. The smallest absolute Gasteiger partial charge is 0.330 e. The number of ether oxygens (including phenoxy) is 3. The van der Waals surface area contributed by atoms with E-state index in [1.165, 1.54) is 27.2 Å². The van der Waals surface area contributed by atoms with Crippen molar-refractivity contribution in [3.05, 3.63) is 11.6 Å². The maximum absolute atomic E-state index is 13.7. The number of aliphatic hydroxyl groups excluding tert-OH is 1. The Morgan fingerprint density at radius 1 is 1.12 bits per heavy atom. The number of methoxy groups -OCH3 is 2. The molecule has 8 atom stereocenters. The molecule has 0 amide bonds. The minimum atomic E-state index is -1.40. The van der Waals surface area contributed by atoms with E-state index in [1.54, 1.807) is 6.92 Å². The first-order valence-electron chi connectivity index (χ1n) is 11.2. The molecule has 32 heavy (non-hydrogen) atoms. The molecule has 0 aromatic heterocycles. The third-order valence-corrected chi connectivity index (χ3v) is 8.47. The summed E-state index contributed by atoms with van der Waals surface area (Å²) < 4.78 is 15.4. The van der Waals surface area contributed by atoms with E-state index in [0.717, 1.165) is 5.57 Å². The van der Waals surface area contributed by atoms with Gasteiger partial charge >= 0.3 is 17.9 Å². The summed E-state index contributed by atoms with van der Waals surface area (Å²) in [6.07, 6.45) is 1.66. The molecule has 8 heteroatoms. The molecule has 3 aliphatic carbocycles. The summed E-state index contributed by atoms with van der Waals surface area (Å²) in [5, 5.41) is 11.2. The molecular formula is C24H34O8. The summed E-state index contributed by atoms with van der Waals surface area (Å²) in [5.41, 5.74) is -1.13. The van der Waals surface area contributed by atoms with Crippen LogP contribution >= 0.6 is 0 Å². The number of carbonyl (C=O) groups excluding carboxylic acids is 4. The van der Waals surface area contributed by atoms with Crippen molar-refractivity contribution in [1.82, 2.24) is 0 Å². The van der Waals surface area contributed by atoms with Gasteiger partial charge in [-0.2, -0.15) is 0 Å². The number of ketones is 1. The molecule has 1 N–H and O–H groups in total. The van der Waals surface area contributed by atoms with E-state index in [-0.39, 0.29) is 17.8 Å². The Morgan fingerprint density at radius 3 is 2.34 bits per heavy atom. The Balaban J connectivity index is 2.08. The van der Waals surface area contributed by atoms with Crippen LogP contribution in [-0.4, -0.2) is 55.2 Å². The fourth-order valence-corrected chi connectivity index (χ4v) is 7.00. The van der Waals surface area contributed by atoms with Crippen LogP contribution in [0.4, 0.5) is 0 Å². The van der Waals surface area contributed by atoms with E-state index in [9.17, 15) is 24.3 Å². The van der Waals surface area contributed by atoms with Crippen LogP contribution in [-0.2, 0) is 33.4 Å². The van der Waals surface area contributed by atoms with E-state index in [4.69, 9.17) is 14.2 Å². The zero-order valence-corrected chi connectivity index (χ0v) is 19.7. The van der Waals surface area contributed by atoms with Crippen molar-refractivity contribution in [2.24, 2.45) is 34.5 Å². The van der Waals surface area contributed by atoms with Gasteiger partial charge in [0.1, 0.15) is 17.6 Å². The van der Waals surface area contributed by atoms with Gasteiger partial charge in [-0.05, 0) is 49.9 Å². The van der Waals surface area contributed by atoms with Crippen molar-refractivity contribution in [1.29, 1.82) is 0 Å².